The topological polar surface area (TPSA) is 83.7 Å². The Morgan fingerprint density at radius 3 is 2.57 bits per heavy atom. The molecular formula is C19H19F3N2O4. The Morgan fingerprint density at radius 2 is 1.96 bits per heavy atom. The van der Waals surface area contributed by atoms with Crippen LogP contribution in [0.25, 0.3) is 11.1 Å². The highest BCUT2D eigenvalue weighted by molar-refractivity contribution is 5.68. The average molecular weight is 396 g/mol. The lowest BCUT2D eigenvalue weighted by Crippen LogP contribution is -2.37. The van der Waals surface area contributed by atoms with Crippen LogP contribution in [-0.4, -0.2) is 30.5 Å². The van der Waals surface area contributed by atoms with Crippen LogP contribution in [0.4, 0.5) is 18.0 Å². The zero-order chi connectivity index (χ0) is 20.5. The third-order valence-electron chi connectivity index (χ3n) is 4.34. The van der Waals surface area contributed by atoms with Crippen molar-refractivity contribution in [3.63, 3.8) is 0 Å². The Bertz CT molecular complexity index is 859. The van der Waals surface area contributed by atoms with E-state index in [2.05, 4.69) is 9.72 Å². The molecule has 0 spiro atoms. The number of pyridine rings is 1. The van der Waals surface area contributed by atoms with Crippen molar-refractivity contribution in [3.8, 4) is 22.8 Å². The number of nitrogens with zero attached hydrogens (tertiary/aromatic N) is 1. The SMILES string of the molecule is CC1(C)COc2cc(-c3ccc(OC(F)C(F)F)nc3)ccc2C1OC(N)=O. The summed E-state index contributed by atoms with van der Waals surface area (Å²) in [5.41, 5.74) is 6.78. The molecule has 0 bridgehead atoms. The first-order chi connectivity index (χ1) is 13.2. The Labute approximate surface area is 159 Å². The molecule has 1 aliphatic rings. The molecule has 2 unspecified atom stereocenters. The summed E-state index contributed by atoms with van der Waals surface area (Å²) in [7, 11) is 0. The van der Waals surface area contributed by atoms with Gasteiger partial charge in [-0.3, -0.25) is 0 Å². The molecule has 2 heterocycles. The molecule has 0 radical (unpaired) electrons. The second-order valence-corrected chi connectivity index (χ2v) is 7.04. The molecule has 6 nitrogen and oxygen atoms in total. The van der Waals surface area contributed by atoms with Gasteiger partial charge >= 0.3 is 12.5 Å². The number of rotatable bonds is 5. The van der Waals surface area contributed by atoms with Crippen molar-refractivity contribution in [2.75, 3.05) is 6.61 Å². The van der Waals surface area contributed by atoms with E-state index in [-0.39, 0.29) is 5.88 Å². The number of aromatic nitrogens is 1. The van der Waals surface area contributed by atoms with Gasteiger partial charge in [0.2, 0.25) is 5.88 Å². The van der Waals surface area contributed by atoms with Crippen LogP contribution in [0.15, 0.2) is 36.5 Å². The van der Waals surface area contributed by atoms with Crippen LogP contribution in [0.1, 0.15) is 25.5 Å². The highest BCUT2D eigenvalue weighted by atomic mass is 19.3. The maximum absolute atomic E-state index is 12.9. The highest BCUT2D eigenvalue weighted by Crippen LogP contribution is 2.46. The normalized spacial score (nSPS) is 18.7. The van der Waals surface area contributed by atoms with E-state index in [4.69, 9.17) is 15.2 Å². The van der Waals surface area contributed by atoms with Gasteiger partial charge in [0.25, 0.3) is 6.36 Å². The quantitative estimate of drug-likeness (QED) is 0.817. The van der Waals surface area contributed by atoms with Gasteiger partial charge in [-0.2, -0.15) is 4.39 Å². The minimum atomic E-state index is -3.25. The number of halogens is 3. The maximum Gasteiger partial charge on any atom is 0.405 e. The molecule has 2 aromatic rings. The van der Waals surface area contributed by atoms with Crippen molar-refractivity contribution in [2.45, 2.75) is 32.7 Å². The Morgan fingerprint density at radius 1 is 1.25 bits per heavy atom. The van der Waals surface area contributed by atoms with Gasteiger partial charge in [0.15, 0.2) is 0 Å². The lowest BCUT2D eigenvalue weighted by Gasteiger charge is -2.38. The van der Waals surface area contributed by atoms with E-state index < -0.39 is 30.4 Å². The Kier molecular flexibility index (Phi) is 5.35. The van der Waals surface area contributed by atoms with Gasteiger partial charge in [0.1, 0.15) is 11.9 Å². The second kappa shape index (κ2) is 7.57. The van der Waals surface area contributed by atoms with Gasteiger partial charge in [-0.1, -0.05) is 26.0 Å². The van der Waals surface area contributed by atoms with Crippen molar-refractivity contribution in [1.29, 1.82) is 0 Å². The first-order valence-electron chi connectivity index (χ1n) is 8.45. The number of fused-ring (bicyclic) bond motifs is 1. The smallest absolute Gasteiger partial charge is 0.405 e. The molecule has 9 heteroatoms. The van der Waals surface area contributed by atoms with E-state index in [0.29, 0.717) is 23.5 Å². The van der Waals surface area contributed by atoms with Crippen LogP contribution in [0.3, 0.4) is 0 Å². The first kappa shape index (κ1) is 19.8. The minimum Gasteiger partial charge on any atom is -0.492 e. The third-order valence-corrected chi connectivity index (χ3v) is 4.34. The van der Waals surface area contributed by atoms with E-state index in [9.17, 15) is 18.0 Å². The van der Waals surface area contributed by atoms with Gasteiger partial charge < -0.3 is 19.9 Å². The summed E-state index contributed by atoms with van der Waals surface area (Å²) in [5.74, 6) is 0.285. The summed E-state index contributed by atoms with van der Waals surface area (Å²) in [6.45, 7) is 4.12. The average Bonchev–Trinajstić information content (AvgIpc) is 2.64. The fourth-order valence-electron chi connectivity index (χ4n) is 2.94. The third kappa shape index (κ3) is 4.13. The van der Waals surface area contributed by atoms with Crippen molar-refractivity contribution in [3.05, 3.63) is 42.1 Å². The van der Waals surface area contributed by atoms with Crippen LogP contribution in [0.2, 0.25) is 0 Å². The molecule has 0 fully saturated rings. The molecule has 0 saturated carbocycles. The first-order valence-corrected chi connectivity index (χ1v) is 8.45. The standard InChI is InChI=1S/C19H19F3N2O4/c1-19(2)9-26-13-7-10(3-5-12(13)15(19)28-18(23)25)11-4-6-14(24-8-11)27-17(22)16(20)21/h3-8,15-17H,9H2,1-2H3,(H2,23,25). The van der Waals surface area contributed by atoms with Crippen molar-refractivity contribution in [1.82, 2.24) is 4.98 Å². The molecule has 1 aromatic carbocycles. The van der Waals surface area contributed by atoms with Crippen LogP contribution < -0.4 is 15.2 Å². The molecule has 28 heavy (non-hydrogen) atoms. The zero-order valence-corrected chi connectivity index (χ0v) is 15.2. The molecule has 1 amide bonds. The van der Waals surface area contributed by atoms with Crippen molar-refractivity contribution < 1.29 is 32.2 Å². The predicted octanol–water partition coefficient (Wildman–Crippen LogP) is 4.24. The minimum absolute atomic E-state index is 0.248. The lowest BCUT2D eigenvalue weighted by atomic mass is 9.80. The predicted molar refractivity (Wildman–Crippen MR) is 93.9 cm³/mol. The van der Waals surface area contributed by atoms with E-state index >= 15 is 0 Å². The van der Waals surface area contributed by atoms with Gasteiger partial charge in [0, 0.05) is 28.8 Å². The number of carbonyl (C=O) groups excluding carboxylic acids is 1. The molecule has 1 aromatic heterocycles. The molecule has 2 atom stereocenters. The number of alkyl halides is 3. The van der Waals surface area contributed by atoms with Crippen molar-refractivity contribution >= 4 is 6.09 Å². The van der Waals surface area contributed by atoms with E-state index in [1.165, 1.54) is 12.3 Å². The van der Waals surface area contributed by atoms with E-state index in [1.807, 2.05) is 13.8 Å². The van der Waals surface area contributed by atoms with Gasteiger partial charge in [-0.15, -0.1) is 0 Å². The summed E-state index contributed by atoms with van der Waals surface area (Å²) in [4.78, 5) is 15.1. The van der Waals surface area contributed by atoms with Gasteiger partial charge in [-0.05, 0) is 17.7 Å². The summed E-state index contributed by atoms with van der Waals surface area (Å²) in [6, 6.07) is 8.14. The Hall–Kier alpha value is -2.97. The lowest BCUT2D eigenvalue weighted by molar-refractivity contribution is -0.0690. The molecule has 150 valence electrons. The van der Waals surface area contributed by atoms with Crippen LogP contribution in [-0.2, 0) is 4.74 Å². The second-order valence-electron chi connectivity index (χ2n) is 7.04. The van der Waals surface area contributed by atoms with Crippen molar-refractivity contribution in [2.24, 2.45) is 11.1 Å². The summed E-state index contributed by atoms with van der Waals surface area (Å²) >= 11 is 0. The fraction of sp³-hybridized carbons (Fsp3) is 0.368. The Balaban J connectivity index is 1.85. The van der Waals surface area contributed by atoms with Gasteiger partial charge in [0.05, 0.1) is 6.61 Å². The monoisotopic (exact) mass is 396 g/mol. The fourth-order valence-corrected chi connectivity index (χ4v) is 2.94. The van der Waals surface area contributed by atoms with Crippen LogP contribution in [0.5, 0.6) is 11.6 Å². The number of hydrogen-bond acceptors (Lipinski definition) is 5. The molecular weight excluding hydrogens is 377 g/mol. The number of hydrogen-bond donors (Lipinski definition) is 1. The largest absolute Gasteiger partial charge is 0.492 e. The zero-order valence-electron chi connectivity index (χ0n) is 15.2. The van der Waals surface area contributed by atoms with Crippen LogP contribution >= 0.6 is 0 Å². The number of ether oxygens (including phenoxy) is 3. The number of amides is 1. The van der Waals surface area contributed by atoms with Gasteiger partial charge in [-0.25, -0.2) is 18.6 Å². The highest BCUT2D eigenvalue weighted by Gasteiger charge is 2.40. The molecule has 0 saturated heterocycles. The molecule has 0 aliphatic carbocycles. The summed E-state index contributed by atoms with van der Waals surface area (Å²) in [5, 5.41) is 0. The maximum atomic E-state index is 12.9. The summed E-state index contributed by atoms with van der Waals surface area (Å²) < 4.78 is 52.9. The van der Waals surface area contributed by atoms with E-state index in [0.717, 1.165) is 5.56 Å². The number of nitrogens with two attached hydrogens (primary N) is 1. The number of primary amides is 1. The number of benzene rings is 1. The van der Waals surface area contributed by atoms with Crippen LogP contribution in [0, 0.1) is 5.41 Å². The molecule has 1 aliphatic heterocycles. The number of carbonyl (C=O) groups is 1. The molecule has 3 rings (SSSR count). The molecule has 2 N–H and O–H groups in total. The summed E-state index contributed by atoms with van der Waals surface area (Å²) in [6.07, 6.45) is -6.04. The van der Waals surface area contributed by atoms with E-state index in [1.54, 1.807) is 24.3 Å².